The van der Waals surface area contributed by atoms with Crippen molar-refractivity contribution >= 4 is 0 Å². The van der Waals surface area contributed by atoms with Crippen LogP contribution in [-0.4, -0.2) is 47.0 Å². The Morgan fingerprint density at radius 3 is 2.17 bits per heavy atom. The Labute approximate surface area is 141 Å². The van der Waals surface area contributed by atoms with Gasteiger partial charge in [0.15, 0.2) is 0 Å². The van der Waals surface area contributed by atoms with Gasteiger partial charge in [0.1, 0.15) is 0 Å². The zero-order chi connectivity index (χ0) is 16.8. The van der Waals surface area contributed by atoms with Gasteiger partial charge in [-0.05, 0) is 45.2 Å². The predicted molar refractivity (Wildman–Crippen MR) is 98.4 cm³/mol. The number of allylic oxidation sites excluding steroid dienone is 5. The van der Waals surface area contributed by atoms with Gasteiger partial charge < -0.3 is 15.1 Å². The topological polar surface area (TPSA) is 43.7 Å². The molecule has 0 amide bonds. The summed E-state index contributed by atoms with van der Waals surface area (Å²) in [5, 5.41) is 19.6. The maximum absolute atomic E-state index is 9.93. The number of likely N-dealkylation sites (tertiary alicyclic amines) is 1. The Kier molecular flexibility index (Phi) is 11.5. The maximum Gasteiger partial charge on any atom is 0.0758 e. The smallest absolute Gasteiger partial charge is 0.0758 e. The molecule has 1 aliphatic heterocycles. The first-order valence-corrected chi connectivity index (χ1v) is 8.97. The summed E-state index contributed by atoms with van der Waals surface area (Å²) in [6.07, 6.45) is 20.7. The molecule has 2 atom stereocenters. The van der Waals surface area contributed by atoms with Gasteiger partial charge in [-0.25, -0.2) is 0 Å². The summed E-state index contributed by atoms with van der Waals surface area (Å²) in [7, 11) is 0. The standard InChI is InChI=1S/C20H33NO2/c1-2-3-7-12-19(22)13-8-4-5-9-14-20(23)15-18-21-16-10-6-11-17-21/h3-5,7-9,13-14,19-20,22-23H,2,6,10-12,15-18H2,1H3/b5-4+,7-3-,13-8+,14-9+/t19-,20+/m0/s1. The van der Waals surface area contributed by atoms with Crippen LogP contribution >= 0.6 is 0 Å². The molecule has 1 saturated heterocycles. The fraction of sp³-hybridized carbons (Fsp3) is 0.600. The molecule has 2 N–H and O–H groups in total. The average Bonchev–Trinajstić information content (AvgIpc) is 2.57. The number of hydrogen-bond donors (Lipinski definition) is 2. The van der Waals surface area contributed by atoms with Gasteiger partial charge in [0.2, 0.25) is 0 Å². The molecule has 0 aromatic carbocycles. The van der Waals surface area contributed by atoms with Crippen LogP contribution in [0.15, 0.2) is 48.6 Å². The lowest BCUT2D eigenvalue weighted by Gasteiger charge is -2.26. The van der Waals surface area contributed by atoms with Gasteiger partial charge in [0, 0.05) is 6.54 Å². The lowest BCUT2D eigenvalue weighted by Crippen LogP contribution is -2.32. The number of hydrogen-bond acceptors (Lipinski definition) is 3. The van der Waals surface area contributed by atoms with Crippen molar-refractivity contribution < 1.29 is 10.2 Å². The van der Waals surface area contributed by atoms with Gasteiger partial charge in [-0.15, -0.1) is 0 Å². The van der Waals surface area contributed by atoms with Crippen molar-refractivity contribution in [1.82, 2.24) is 4.90 Å². The van der Waals surface area contributed by atoms with E-state index in [4.69, 9.17) is 0 Å². The summed E-state index contributed by atoms with van der Waals surface area (Å²) in [6.45, 7) is 5.41. The second kappa shape index (κ2) is 13.3. The van der Waals surface area contributed by atoms with Crippen LogP contribution in [0.3, 0.4) is 0 Å². The molecule has 1 heterocycles. The molecule has 1 rings (SSSR count). The number of aliphatic hydroxyl groups is 2. The van der Waals surface area contributed by atoms with Crippen LogP contribution in [0.4, 0.5) is 0 Å². The quantitative estimate of drug-likeness (QED) is 0.477. The molecule has 0 bridgehead atoms. The van der Waals surface area contributed by atoms with Crippen molar-refractivity contribution in [2.24, 2.45) is 0 Å². The van der Waals surface area contributed by atoms with E-state index in [1.165, 1.54) is 32.4 Å². The highest BCUT2D eigenvalue weighted by Gasteiger charge is 2.10. The van der Waals surface area contributed by atoms with Gasteiger partial charge >= 0.3 is 0 Å². The largest absolute Gasteiger partial charge is 0.389 e. The molecule has 0 aliphatic carbocycles. The van der Waals surface area contributed by atoms with E-state index in [1.54, 1.807) is 6.08 Å². The highest BCUT2D eigenvalue weighted by molar-refractivity contribution is 5.13. The summed E-state index contributed by atoms with van der Waals surface area (Å²) in [6, 6.07) is 0. The van der Waals surface area contributed by atoms with Crippen LogP contribution < -0.4 is 0 Å². The average molecular weight is 319 g/mol. The first kappa shape index (κ1) is 19.9. The zero-order valence-electron chi connectivity index (χ0n) is 14.5. The second-order valence-electron chi connectivity index (χ2n) is 6.10. The number of aliphatic hydroxyl groups excluding tert-OH is 2. The molecule has 23 heavy (non-hydrogen) atoms. The minimum atomic E-state index is -0.429. The van der Waals surface area contributed by atoms with E-state index in [0.29, 0.717) is 6.42 Å². The Bertz CT molecular complexity index is 392. The molecule has 0 unspecified atom stereocenters. The van der Waals surface area contributed by atoms with E-state index in [0.717, 1.165) is 19.4 Å². The van der Waals surface area contributed by atoms with Crippen molar-refractivity contribution in [2.45, 2.75) is 57.7 Å². The Balaban J connectivity index is 2.14. The lowest BCUT2D eigenvalue weighted by atomic mass is 10.1. The predicted octanol–water partition coefficient (Wildman–Crippen LogP) is 3.61. The molecule has 0 aromatic heterocycles. The van der Waals surface area contributed by atoms with Gasteiger partial charge in [-0.2, -0.15) is 0 Å². The molecule has 1 aliphatic rings. The zero-order valence-corrected chi connectivity index (χ0v) is 14.5. The van der Waals surface area contributed by atoms with E-state index in [-0.39, 0.29) is 6.10 Å². The molecule has 0 spiro atoms. The molecular formula is C20H33NO2. The van der Waals surface area contributed by atoms with Crippen molar-refractivity contribution in [3.05, 3.63) is 48.6 Å². The van der Waals surface area contributed by atoms with Crippen LogP contribution in [0, 0.1) is 0 Å². The van der Waals surface area contributed by atoms with Crippen LogP contribution in [0.5, 0.6) is 0 Å². The summed E-state index contributed by atoms with van der Waals surface area (Å²) in [4.78, 5) is 2.44. The van der Waals surface area contributed by atoms with Gasteiger partial charge in [-0.1, -0.05) is 62.0 Å². The van der Waals surface area contributed by atoms with Gasteiger partial charge in [0.05, 0.1) is 12.2 Å². The Hall–Kier alpha value is -1.16. The van der Waals surface area contributed by atoms with Crippen molar-refractivity contribution in [3.63, 3.8) is 0 Å². The lowest BCUT2D eigenvalue weighted by molar-refractivity contribution is 0.164. The maximum atomic E-state index is 9.93. The third kappa shape index (κ3) is 11.1. The number of rotatable bonds is 10. The minimum absolute atomic E-state index is 0.379. The molecule has 0 radical (unpaired) electrons. The molecule has 0 saturated carbocycles. The molecule has 1 fully saturated rings. The Morgan fingerprint density at radius 1 is 0.870 bits per heavy atom. The van der Waals surface area contributed by atoms with E-state index in [2.05, 4.69) is 17.9 Å². The molecule has 0 aromatic rings. The minimum Gasteiger partial charge on any atom is -0.389 e. The third-order valence-corrected chi connectivity index (χ3v) is 3.97. The van der Waals surface area contributed by atoms with Crippen LogP contribution in [0.1, 0.15) is 45.4 Å². The summed E-state index contributed by atoms with van der Waals surface area (Å²) in [5.41, 5.74) is 0. The second-order valence-corrected chi connectivity index (χ2v) is 6.10. The van der Waals surface area contributed by atoms with Gasteiger partial charge in [0.25, 0.3) is 0 Å². The molecular weight excluding hydrogens is 286 g/mol. The Morgan fingerprint density at radius 2 is 1.52 bits per heavy atom. The van der Waals surface area contributed by atoms with Crippen molar-refractivity contribution in [1.29, 1.82) is 0 Å². The molecule has 3 heteroatoms. The van der Waals surface area contributed by atoms with Crippen LogP contribution in [0.25, 0.3) is 0 Å². The highest BCUT2D eigenvalue weighted by Crippen LogP contribution is 2.09. The van der Waals surface area contributed by atoms with E-state index < -0.39 is 6.10 Å². The fourth-order valence-electron chi connectivity index (χ4n) is 2.59. The summed E-state index contributed by atoms with van der Waals surface area (Å²) in [5.74, 6) is 0. The van der Waals surface area contributed by atoms with Crippen molar-refractivity contribution in [3.8, 4) is 0 Å². The third-order valence-electron chi connectivity index (χ3n) is 3.97. The fourth-order valence-corrected chi connectivity index (χ4v) is 2.59. The van der Waals surface area contributed by atoms with Crippen molar-refractivity contribution in [2.75, 3.05) is 19.6 Å². The molecule has 130 valence electrons. The molecule has 3 nitrogen and oxygen atoms in total. The SMILES string of the molecule is CC/C=C\C[C@H](O)/C=C/C=C/C=C/[C@@H](O)CCN1CCCCC1. The van der Waals surface area contributed by atoms with E-state index in [9.17, 15) is 10.2 Å². The summed E-state index contributed by atoms with van der Waals surface area (Å²) < 4.78 is 0. The highest BCUT2D eigenvalue weighted by atomic mass is 16.3. The van der Waals surface area contributed by atoms with Gasteiger partial charge in [-0.3, -0.25) is 0 Å². The summed E-state index contributed by atoms with van der Waals surface area (Å²) >= 11 is 0. The van der Waals surface area contributed by atoms with E-state index in [1.807, 2.05) is 36.5 Å². The van der Waals surface area contributed by atoms with E-state index >= 15 is 0 Å². The first-order valence-electron chi connectivity index (χ1n) is 8.97. The first-order chi connectivity index (χ1) is 11.2. The van der Waals surface area contributed by atoms with Crippen LogP contribution in [-0.2, 0) is 0 Å². The number of nitrogens with zero attached hydrogens (tertiary/aromatic N) is 1. The number of piperidine rings is 1. The monoisotopic (exact) mass is 319 g/mol. The normalized spacial score (nSPS) is 20.3. The van der Waals surface area contributed by atoms with Crippen LogP contribution in [0.2, 0.25) is 0 Å².